The lowest BCUT2D eigenvalue weighted by Gasteiger charge is -2.26. The van der Waals surface area contributed by atoms with Crippen molar-refractivity contribution in [2.24, 2.45) is 5.92 Å². The molecule has 1 N–H and O–H groups in total. The molecule has 1 unspecified atom stereocenters. The number of ether oxygens (including phenoxy) is 1. The summed E-state index contributed by atoms with van der Waals surface area (Å²) in [5.41, 5.74) is 1.35. The Morgan fingerprint density at radius 2 is 1.95 bits per heavy atom. The molecule has 2 heteroatoms. The summed E-state index contributed by atoms with van der Waals surface area (Å²) in [6.45, 7) is 6.17. The van der Waals surface area contributed by atoms with Gasteiger partial charge < -0.3 is 10.1 Å². The van der Waals surface area contributed by atoms with E-state index in [0.29, 0.717) is 6.04 Å². The van der Waals surface area contributed by atoms with Crippen LogP contribution in [0.3, 0.4) is 0 Å². The first kappa shape index (κ1) is 14.4. The van der Waals surface area contributed by atoms with Crippen LogP contribution >= 0.6 is 0 Å². The van der Waals surface area contributed by atoms with Crippen LogP contribution in [0.5, 0.6) is 5.75 Å². The molecule has 0 bridgehead atoms. The molecule has 1 fully saturated rings. The summed E-state index contributed by atoms with van der Waals surface area (Å²) in [5, 5.41) is 3.68. The molecule has 0 radical (unpaired) electrons. The van der Waals surface area contributed by atoms with Crippen LogP contribution in [-0.2, 0) is 0 Å². The fourth-order valence-corrected chi connectivity index (χ4v) is 3.12. The first-order valence-electron chi connectivity index (χ1n) is 7.82. The number of hydrogen-bond acceptors (Lipinski definition) is 2. The standard InChI is InChI=1S/C17H27NO/c1-3-13-19-16-12-8-7-11-15(16)17(18-4-2)14-9-5-6-10-14/h7-8,11-12,14,17-18H,3-6,9-10,13H2,1-2H3. The fraction of sp³-hybridized carbons (Fsp3) is 0.647. The van der Waals surface area contributed by atoms with E-state index >= 15 is 0 Å². The van der Waals surface area contributed by atoms with Crippen LogP contribution in [0.15, 0.2) is 24.3 Å². The van der Waals surface area contributed by atoms with Crippen molar-refractivity contribution >= 4 is 0 Å². The molecule has 106 valence electrons. The third-order valence-electron chi connectivity index (χ3n) is 4.01. The van der Waals surface area contributed by atoms with Gasteiger partial charge in [0.1, 0.15) is 5.75 Å². The van der Waals surface area contributed by atoms with Crippen molar-refractivity contribution < 1.29 is 4.74 Å². The molecule has 0 heterocycles. The van der Waals surface area contributed by atoms with Gasteiger partial charge in [0.25, 0.3) is 0 Å². The molecule has 1 saturated carbocycles. The summed E-state index contributed by atoms with van der Waals surface area (Å²) >= 11 is 0. The van der Waals surface area contributed by atoms with E-state index in [1.165, 1.54) is 31.2 Å². The SMILES string of the molecule is CCCOc1ccccc1C(NCC)C1CCCC1. The number of rotatable bonds is 7. The molecule has 2 rings (SSSR count). The molecule has 0 amide bonds. The molecule has 1 aromatic rings. The molecule has 0 spiro atoms. The minimum absolute atomic E-state index is 0.459. The average molecular weight is 261 g/mol. The van der Waals surface area contributed by atoms with Gasteiger partial charge in [0.2, 0.25) is 0 Å². The fourth-order valence-electron chi connectivity index (χ4n) is 3.12. The summed E-state index contributed by atoms with van der Waals surface area (Å²) in [6.07, 6.45) is 6.51. The summed E-state index contributed by atoms with van der Waals surface area (Å²) < 4.78 is 5.93. The molecular weight excluding hydrogens is 234 g/mol. The zero-order valence-electron chi connectivity index (χ0n) is 12.3. The molecule has 1 aromatic carbocycles. The van der Waals surface area contributed by atoms with E-state index in [2.05, 4.69) is 43.4 Å². The summed E-state index contributed by atoms with van der Waals surface area (Å²) in [7, 11) is 0. The number of hydrogen-bond donors (Lipinski definition) is 1. The van der Waals surface area contributed by atoms with Gasteiger partial charge in [0.05, 0.1) is 6.61 Å². The predicted octanol–water partition coefficient (Wildman–Crippen LogP) is 4.32. The van der Waals surface area contributed by atoms with Crippen molar-refractivity contribution in [1.82, 2.24) is 5.32 Å². The monoisotopic (exact) mass is 261 g/mol. The lowest BCUT2D eigenvalue weighted by atomic mass is 9.91. The maximum absolute atomic E-state index is 5.93. The summed E-state index contributed by atoms with van der Waals surface area (Å²) in [6, 6.07) is 9.01. The smallest absolute Gasteiger partial charge is 0.124 e. The number of para-hydroxylation sites is 1. The van der Waals surface area contributed by atoms with Crippen molar-refractivity contribution in [3.05, 3.63) is 29.8 Å². The van der Waals surface area contributed by atoms with E-state index in [1.54, 1.807) is 0 Å². The minimum atomic E-state index is 0.459. The third kappa shape index (κ3) is 3.73. The van der Waals surface area contributed by atoms with Gasteiger partial charge in [0, 0.05) is 11.6 Å². The minimum Gasteiger partial charge on any atom is -0.493 e. The van der Waals surface area contributed by atoms with Gasteiger partial charge in [0.15, 0.2) is 0 Å². The van der Waals surface area contributed by atoms with Crippen LogP contribution in [0.25, 0.3) is 0 Å². The van der Waals surface area contributed by atoms with E-state index in [-0.39, 0.29) is 0 Å². The van der Waals surface area contributed by atoms with Crippen molar-refractivity contribution in [3.63, 3.8) is 0 Å². The lowest BCUT2D eigenvalue weighted by Crippen LogP contribution is -2.27. The second kappa shape index (κ2) is 7.54. The van der Waals surface area contributed by atoms with Crippen molar-refractivity contribution in [2.45, 2.75) is 52.0 Å². The molecule has 0 saturated heterocycles. The van der Waals surface area contributed by atoms with Crippen LogP contribution < -0.4 is 10.1 Å². The lowest BCUT2D eigenvalue weighted by molar-refractivity contribution is 0.299. The van der Waals surface area contributed by atoms with Gasteiger partial charge in [-0.2, -0.15) is 0 Å². The van der Waals surface area contributed by atoms with E-state index in [1.807, 2.05) is 0 Å². The maximum Gasteiger partial charge on any atom is 0.124 e. The summed E-state index contributed by atoms with van der Waals surface area (Å²) in [4.78, 5) is 0. The van der Waals surface area contributed by atoms with Crippen molar-refractivity contribution in [2.75, 3.05) is 13.2 Å². The van der Waals surface area contributed by atoms with E-state index in [4.69, 9.17) is 4.74 Å². The molecule has 2 nitrogen and oxygen atoms in total. The first-order valence-corrected chi connectivity index (χ1v) is 7.82. The summed E-state index contributed by atoms with van der Waals surface area (Å²) in [5.74, 6) is 1.84. The maximum atomic E-state index is 5.93. The van der Waals surface area contributed by atoms with Gasteiger partial charge in [-0.1, -0.05) is 44.9 Å². The van der Waals surface area contributed by atoms with Crippen molar-refractivity contribution in [3.8, 4) is 5.75 Å². The zero-order valence-corrected chi connectivity index (χ0v) is 12.3. The molecule has 1 aliphatic rings. The largest absolute Gasteiger partial charge is 0.493 e. The molecule has 0 aliphatic heterocycles. The molecule has 19 heavy (non-hydrogen) atoms. The molecule has 1 aliphatic carbocycles. The number of benzene rings is 1. The Labute approximate surface area is 117 Å². The van der Waals surface area contributed by atoms with Crippen LogP contribution in [0.4, 0.5) is 0 Å². The quantitative estimate of drug-likeness (QED) is 0.789. The molecular formula is C17H27NO. The van der Waals surface area contributed by atoms with Gasteiger partial charge in [-0.05, 0) is 37.8 Å². The highest BCUT2D eigenvalue weighted by Crippen LogP contribution is 2.38. The van der Waals surface area contributed by atoms with Crippen LogP contribution in [0.1, 0.15) is 57.6 Å². The zero-order chi connectivity index (χ0) is 13.5. The number of nitrogens with one attached hydrogen (secondary N) is 1. The average Bonchev–Trinajstić information content (AvgIpc) is 2.97. The Balaban J connectivity index is 2.19. The Morgan fingerprint density at radius 3 is 2.63 bits per heavy atom. The van der Waals surface area contributed by atoms with E-state index < -0.39 is 0 Å². The van der Waals surface area contributed by atoms with Crippen LogP contribution in [-0.4, -0.2) is 13.2 Å². The van der Waals surface area contributed by atoms with Crippen molar-refractivity contribution in [1.29, 1.82) is 0 Å². The van der Waals surface area contributed by atoms with E-state index in [9.17, 15) is 0 Å². The van der Waals surface area contributed by atoms with Gasteiger partial charge >= 0.3 is 0 Å². The highest BCUT2D eigenvalue weighted by atomic mass is 16.5. The van der Waals surface area contributed by atoms with Crippen LogP contribution in [0.2, 0.25) is 0 Å². The molecule has 1 atom stereocenters. The van der Waals surface area contributed by atoms with Gasteiger partial charge in [-0.15, -0.1) is 0 Å². The first-order chi connectivity index (χ1) is 9.36. The van der Waals surface area contributed by atoms with E-state index in [0.717, 1.165) is 31.2 Å². The third-order valence-corrected chi connectivity index (χ3v) is 4.01. The highest BCUT2D eigenvalue weighted by molar-refractivity contribution is 5.36. The Kier molecular flexibility index (Phi) is 5.71. The second-order valence-corrected chi connectivity index (χ2v) is 5.47. The predicted molar refractivity (Wildman–Crippen MR) is 80.6 cm³/mol. The topological polar surface area (TPSA) is 21.3 Å². The Morgan fingerprint density at radius 1 is 1.21 bits per heavy atom. The normalized spacial score (nSPS) is 17.6. The second-order valence-electron chi connectivity index (χ2n) is 5.47. The van der Waals surface area contributed by atoms with Crippen LogP contribution in [0, 0.1) is 5.92 Å². The Hall–Kier alpha value is -1.02. The van der Waals surface area contributed by atoms with Gasteiger partial charge in [-0.25, -0.2) is 0 Å². The van der Waals surface area contributed by atoms with Gasteiger partial charge in [-0.3, -0.25) is 0 Å². The highest BCUT2D eigenvalue weighted by Gasteiger charge is 2.27. The Bertz CT molecular complexity index is 371. The molecule has 0 aromatic heterocycles.